The van der Waals surface area contributed by atoms with Crippen LogP contribution in [0, 0.1) is 6.92 Å². The molecule has 2 heterocycles. The van der Waals surface area contributed by atoms with Gasteiger partial charge in [-0.15, -0.1) is 0 Å². The van der Waals surface area contributed by atoms with Crippen molar-refractivity contribution in [2.45, 2.75) is 52.7 Å². The van der Waals surface area contributed by atoms with Gasteiger partial charge in [-0.3, -0.25) is 4.68 Å². The maximum atomic E-state index is 5.75. The van der Waals surface area contributed by atoms with E-state index in [9.17, 15) is 0 Å². The Balaban J connectivity index is 2.05. The SMILES string of the molecule is CCCNCc1c(C)nn(C)c1N1CCC(OCC)CC1. The van der Waals surface area contributed by atoms with Crippen LogP contribution in [0.15, 0.2) is 0 Å². The van der Waals surface area contributed by atoms with E-state index < -0.39 is 0 Å². The van der Waals surface area contributed by atoms with Crippen molar-refractivity contribution in [3.63, 3.8) is 0 Å². The van der Waals surface area contributed by atoms with E-state index in [0.717, 1.165) is 57.7 Å². The zero-order chi connectivity index (χ0) is 15.2. The molecule has 0 aliphatic carbocycles. The highest BCUT2D eigenvalue weighted by Crippen LogP contribution is 2.27. The molecule has 21 heavy (non-hydrogen) atoms. The first-order valence-corrected chi connectivity index (χ1v) is 8.27. The van der Waals surface area contributed by atoms with E-state index >= 15 is 0 Å². The van der Waals surface area contributed by atoms with Gasteiger partial charge in [-0.05, 0) is 39.7 Å². The van der Waals surface area contributed by atoms with Crippen molar-refractivity contribution in [2.24, 2.45) is 7.05 Å². The number of aromatic nitrogens is 2. The maximum Gasteiger partial charge on any atom is 0.131 e. The number of rotatable bonds is 7. The van der Waals surface area contributed by atoms with Crippen LogP contribution >= 0.6 is 0 Å². The number of hydrogen-bond donors (Lipinski definition) is 1. The Morgan fingerprint density at radius 2 is 2.00 bits per heavy atom. The molecule has 1 aliphatic heterocycles. The summed E-state index contributed by atoms with van der Waals surface area (Å²) in [6.45, 7) is 11.3. The summed E-state index contributed by atoms with van der Waals surface area (Å²) in [5.74, 6) is 1.28. The van der Waals surface area contributed by atoms with Crippen LogP contribution in [0.5, 0.6) is 0 Å². The Morgan fingerprint density at radius 1 is 1.29 bits per heavy atom. The number of nitrogens with zero attached hydrogens (tertiary/aromatic N) is 3. The van der Waals surface area contributed by atoms with Crippen molar-refractivity contribution in [1.29, 1.82) is 0 Å². The highest BCUT2D eigenvalue weighted by atomic mass is 16.5. The van der Waals surface area contributed by atoms with E-state index in [1.54, 1.807) is 0 Å². The normalized spacial score (nSPS) is 16.7. The largest absolute Gasteiger partial charge is 0.378 e. The summed E-state index contributed by atoms with van der Waals surface area (Å²) in [7, 11) is 2.06. The number of aryl methyl sites for hydroxylation is 2. The van der Waals surface area contributed by atoms with Crippen LogP contribution < -0.4 is 10.2 Å². The van der Waals surface area contributed by atoms with Crippen molar-refractivity contribution >= 4 is 5.82 Å². The maximum absolute atomic E-state index is 5.75. The molecule has 0 aromatic carbocycles. The van der Waals surface area contributed by atoms with Crippen LogP contribution in [0.25, 0.3) is 0 Å². The lowest BCUT2D eigenvalue weighted by molar-refractivity contribution is 0.0457. The van der Waals surface area contributed by atoms with Gasteiger partial charge in [0.25, 0.3) is 0 Å². The molecule has 1 fully saturated rings. The van der Waals surface area contributed by atoms with Gasteiger partial charge in [-0.1, -0.05) is 6.92 Å². The molecule has 0 saturated carbocycles. The summed E-state index contributed by atoms with van der Waals surface area (Å²) in [5, 5.41) is 8.13. The van der Waals surface area contributed by atoms with Gasteiger partial charge < -0.3 is 15.0 Å². The summed E-state index contributed by atoms with van der Waals surface area (Å²) < 4.78 is 7.79. The fourth-order valence-electron chi connectivity index (χ4n) is 3.15. The van der Waals surface area contributed by atoms with E-state index in [1.807, 2.05) is 4.68 Å². The molecule has 2 rings (SSSR count). The summed E-state index contributed by atoms with van der Waals surface area (Å²) in [6, 6.07) is 0. The van der Waals surface area contributed by atoms with Crippen LogP contribution in [-0.2, 0) is 18.3 Å². The average molecular weight is 294 g/mol. The molecule has 0 unspecified atom stereocenters. The molecule has 1 saturated heterocycles. The second-order valence-electron chi connectivity index (χ2n) is 5.83. The summed E-state index contributed by atoms with van der Waals surface area (Å²) in [5.41, 5.74) is 2.49. The molecule has 5 heteroatoms. The first-order chi connectivity index (χ1) is 10.2. The Labute approximate surface area is 128 Å². The Bertz CT molecular complexity index is 436. The first kappa shape index (κ1) is 16.3. The van der Waals surface area contributed by atoms with Gasteiger partial charge in [0.05, 0.1) is 11.8 Å². The number of piperidine rings is 1. The molecule has 0 atom stereocenters. The molecule has 1 aliphatic rings. The fourth-order valence-corrected chi connectivity index (χ4v) is 3.15. The number of nitrogens with one attached hydrogen (secondary N) is 1. The van der Waals surface area contributed by atoms with Gasteiger partial charge in [0.15, 0.2) is 0 Å². The third-order valence-electron chi connectivity index (χ3n) is 4.19. The van der Waals surface area contributed by atoms with Crippen LogP contribution in [0.3, 0.4) is 0 Å². The Kier molecular flexibility index (Phi) is 6.06. The predicted octanol–water partition coefficient (Wildman–Crippen LogP) is 2.23. The lowest BCUT2D eigenvalue weighted by atomic mass is 10.1. The minimum absolute atomic E-state index is 0.433. The van der Waals surface area contributed by atoms with Crippen LogP contribution in [0.1, 0.15) is 44.4 Å². The smallest absolute Gasteiger partial charge is 0.131 e. The van der Waals surface area contributed by atoms with E-state index in [4.69, 9.17) is 4.74 Å². The molecule has 1 aromatic heterocycles. The van der Waals surface area contributed by atoms with Crippen molar-refractivity contribution in [3.05, 3.63) is 11.3 Å². The molecular weight excluding hydrogens is 264 g/mol. The summed E-state index contributed by atoms with van der Waals surface area (Å²) in [4.78, 5) is 2.47. The predicted molar refractivity (Wildman–Crippen MR) is 86.8 cm³/mol. The monoisotopic (exact) mass is 294 g/mol. The number of anilines is 1. The van der Waals surface area contributed by atoms with Gasteiger partial charge >= 0.3 is 0 Å². The van der Waals surface area contributed by atoms with E-state index in [0.29, 0.717) is 6.10 Å². The Hall–Kier alpha value is -1.07. The molecule has 0 spiro atoms. The fraction of sp³-hybridized carbons (Fsp3) is 0.812. The second-order valence-corrected chi connectivity index (χ2v) is 5.83. The average Bonchev–Trinajstić information content (AvgIpc) is 2.75. The minimum Gasteiger partial charge on any atom is -0.378 e. The molecular formula is C16H30N4O. The highest BCUT2D eigenvalue weighted by Gasteiger charge is 2.24. The molecule has 0 radical (unpaired) electrons. The summed E-state index contributed by atoms with van der Waals surface area (Å²) in [6.07, 6.45) is 3.82. The molecule has 1 aromatic rings. The minimum atomic E-state index is 0.433. The number of hydrogen-bond acceptors (Lipinski definition) is 4. The third kappa shape index (κ3) is 3.98. The quantitative estimate of drug-likeness (QED) is 0.783. The third-order valence-corrected chi connectivity index (χ3v) is 4.19. The molecule has 1 N–H and O–H groups in total. The highest BCUT2D eigenvalue weighted by molar-refractivity contribution is 5.50. The van der Waals surface area contributed by atoms with Crippen molar-refractivity contribution < 1.29 is 4.74 Å². The zero-order valence-electron chi connectivity index (χ0n) is 14.0. The molecule has 0 bridgehead atoms. The first-order valence-electron chi connectivity index (χ1n) is 8.27. The van der Waals surface area contributed by atoms with Gasteiger partial charge in [0.1, 0.15) is 5.82 Å². The number of ether oxygens (including phenoxy) is 1. The van der Waals surface area contributed by atoms with Crippen LogP contribution in [0.2, 0.25) is 0 Å². The Morgan fingerprint density at radius 3 is 2.62 bits per heavy atom. The standard InChI is InChI=1S/C16H30N4O/c1-5-9-17-12-15-13(3)18-19(4)16(15)20-10-7-14(8-11-20)21-6-2/h14,17H,5-12H2,1-4H3. The van der Waals surface area contributed by atoms with Crippen LogP contribution in [0.4, 0.5) is 5.82 Å². The lowest BCUT2D eigenvalue weighted by Gasteiger charge is -2.33. The van der Waals surface area contributed by atoms with E-state index in [-0.39, 0.29) is 0 Å². The van der Waals surface area contributed by atoms with Gasteiger partial charge in [-0.25, -0.2) is 0 Å². The topological polar surface area (TPSA) is 42.3 Å². The molecule has 5 nitrogen and oxygen atoms in total. The molecule has 0 amide bonds. The van der Waals surface area contributed by atoms with Gasteiger partial charge in [-0.2, -0.15) is 5.10 Å². The van der Waals surface area contributed by atoms with E-state index in [2.05, 4.69) is 43.1 Å². The lowest BCUT2D eigenvalue weighted by Crippen LogP contribution is -2.38. The van der Waals surface area contributed by atoms with Crippen LogP contribution in [-0.4, -0.2) is 42.1 Å². The van der Waals surface area contributed by atoms with Crippen molar-refractivity contribution in [2.75, 3.05) is 31.1 Å². The molecule has 120 valence electrons. The van der Waals surface area contributed by atoms with Crippen molar-refractivity contribution in [1.82, 2.24) is 15.1 Å². The summed E-state index contributed by atoms with van der Waals surface area (Å²) >= 11 is 0. The zero-order valence-corrected chi connectivity index (χ0v) is 14.0. The van der Waals surface area contributed by atoms with E-state index in [1.165, 1.54) is 11.4 Å². The van der Waals surface area contributed by atoms with Crippen molar-refractivity contribution in [3.8, 4) is 0 Å². The second kappa shape index (κ2) is 7.80. The van der Waals surface area contributed by atoms with Gasteiger partial charge in [0, 0.05) is 38.9 Å². The van der Waals surface area contributed by atoms with Gasteiger partial charge in [0.2, 0.25) is 0 Å².